The number of hydrogen-bond donors (Lipinski definition) is 2. The molecule has 0 saturated carbocycles. The molecular formula is C18H26ClN3O. The molecule has 3 unspecified atom stereocenters. The van der Waals surface area contributed by atoms with E-state index in [4.69, 9.17) is 16.3 Å². The molecule has 2 aliphatic rings. The number of nitrogens with zero attached hydrogens (tertiary/aromatic N) is 1. The third-order valence-electron chi connectivity index (χ3n) is 4.96. The molecule has 126 valence electrons. The van der Waals surface area contributed by atoms with Crippen LogP contribution in [-0.2, 0) is 10.2 Å². The molecule has 0 aromatic heterocycles. The Morgan fingerprint density at radius 3 is 2.83 bits per heavy atom. The van der Waals surface area contributed by atoms with Crippen LogP contribution in [0.15, 0.2) is 29.3 Å². The molecule has 1 aromatic rings. The average molecular weight is 336 g/mol. The summed E-state index contributed by atoms with van der Waals surface area (Å²) in [5, 5.41) is 7.75. The monoisotopic (exact) mass is 335 g/mol. The Balaban J connectivity index is 1.57. The largest absolute Gasteiger partial charge is 0.373 e. The fraction of sp³-hybridized carbons (Fsp3) is 0.611. The molecule has 2 N–H and O–H groups in total. The van der Waals surface area contributed by atoms with Crippen LogP contribution in [0, 0.1) is 0 Å². The van der Waals surface area contributed by atoms with Gasteiger partial charge in [-0.25, -0.2) is 0 Å². The van der Waals surface area contributed by atoms with Gasteiger partial charge >= 0.3 is 0 Å². The minimum Gasteiger partial charge on any atom is -0.373 e. The summed E-state index contributed by atoms with van der Waals surface area (Å²) in [6, 6.07) is 8.44. The molecule has 2 aliphatic heterocycles. The first-order valence-corrected chi connectivity index (χ1v) is 8.74. The van der Waals surface area contributed by atoms with Crippen LogP contribution in [0.2, 0.25) is 5.02 Å². The van der Waals surface area contributed by atoms with Gasteiger partial charge in [0.25, 0.3) is 0 Å². The van der Waals surface area contributed by atoms with E-state index in [-0.39, 0.29) is 5.41 Å². The predicted octanol–water partition coefficient (Wildman–Crippen LogP) is 3.10. The summed E-state index contributed by atoms with van der Waals surface area (Å²) in [6.45, 7) is 5.20. The highest BCUT2D eigenvalue weighted by atomic mass is 35.5. The molecule has 0 amide bonds. The lowest BCUT2D eigenvalue weighted by Gasteiger charge is -2.28. The summed E-state index contributed by atoms with van der Waals surface area (Å²) in [5.41, 5.74) is 1.18. The first-order valence-electron chi connectivity index (χ1n) is 8.36. The molecule has 3 rings (SSSR count). The van der Waals surface area contributed by atoms with Gasteiger partial charge in [0, 0.05) is 24.0 Å². The van der Waals surface area contributed by atoms with E-state index in [1.54, 1.807) is 0 Å². The van der Waals surface area contributed by atoms with Crippen molar-refractivity contribution < 1.29 is 4.74 Å². The third-order valence-corrected chi connectivity index (χ3v) is 5.19. The molecule has 3 atom stereocenters. The van der Waals surface area contributed by atoms with Crippen LogP contribution in [0.5, 0.6) is 0 Å². The lowest BCUT2D eigenvalue weighted by molar-refractivity contribution is 0.0992. The summed E-state index contributed by atoms with van der Waals surface area (Å²) in [6.07, 6.45) is 4.24. The first-order chi connectivity index (χ1) is 11.0. The average Bonchev–Trinajstić information content (AvgIpc) is 3.14. The topological polar surface area (TPSA) is 45.7 Å². The fourth-order valence-corrected chi connectivity index (χ4v) is 3.67. The lowest BCUT2D eigenvalue weighted by atomic mass is 9.84. The number of aliphatic imine (C=N–C) groups is 1. The predicted molar refractivity (Wildman–Crippen MR) is 95.3 cm³/mol. The Hall–Kier alpha value is -1.26. The van der Waals surface area contributed by atoms with E-state index < -0.39 is 0 Å². The molecular weight excluding hydrogens is 310 g/mol. The summed E-state index contributed by atoms with van der Waals surface area (Å²) >= 11 is 6.12. The zero-order valence-electron chi connectivity index (χ0n) is 14.1. The normalized spacial score (nSPS) is 27.3. The van der Waals surface area contributed by atoms with E-state index in [2.05, 4.69) is 35.5 Å². The van der Waals surface area contributed by atoms with E-state index in [0.29, 0.717) is 18.2 Å². The molecule has 4 nitrogen and oxygen atoms in total. The van der Waals surface area contributed by atoms with Gasteiger partial charge in [-0.15, -0.1) is 0 Å². The van der Waals surface area contributed by atoms with Gasteiger partial charge < -0.3 is 15.4 Å². The summed E-state index contributed by atoms with van der Waals surface area (Å²) in [4.78, 5) is 4.36. The Kier molecular flexibility index (Phi) is 4.83. The fourth-order valence-electron chi connectivity index (χ4n) is 3.48. The number of guanidine groups is 1. The number of fused-ring (bicyclic) bond motifs is 2. The number of nitrogens with one attached hydrogen (secondary N) is 2. The van der Waals surface area contributed by atoms with Crippen LogP contribution in [0.25, 0.3) is 0 Å². The van der Waals surface area contributed by atoms with E-state index >= 15 is 0 Å². The van der Waals surface area contributed by atoms with Crippen LogP contribution in [0.3, 0.4) is 0 Å². The Bertz CT molecular complexity index is 587. The molecule has 2 bridgehead atoms. The van der Waals surface area contributed by atoms with Crippen molar-refractivity contribution in [1.29, 1.82) is 0 Å². The Morgan fingerprint density at radius 2 is 2.22 bits per heavy atom. The van der Waals surface area contributed by atoms with Crippen molar-refractivity contribution in [3.8, 4) is 0 Å². The Morgan fingerprint density at radius 1 is 1.39 bits per heavy atom. The number of halogens is 1. The van der Waals surface area contributed by atoms with Crippen LogP contribution >= 0.6 is 11.6 Å². The highest BCUT2D eigenvalue weighted by Crippen LogP contribution is 2.34. The zero-order valence-corrected chi connectivity index (χ0v) is 14.9. The molecule has 2 heterocycles. The molecule has 2 fully saturated rings. The van der Waals surface area contributed by atoms with Crippen molar-refractivity contribution in [2.75, 3.05) is 13.6 Å². The number of benzene rings is 1. The second-order valence-electron chi connectivity index (χ2n) is 7.18. The lowest BCUT2D eigenvalue weighted by Crippen LogP contribution is -2.49. The summed E-state index contributed by atoms with van der Waals surface area (Å²) in [7, 11) is 1.82. The quantitative estimate of drug-likeness (QED) is 0.656. The zero-order chi connectivity index (χ0) is 16.4. The smallest absolute Gasteiger partial charge is 0.191 e. The molecule has 0 spiro atoms. The molecule has 5 heteroatoms. The highest BCUT2D eigenvalue weighted by molar-refractivity contribution is 6.30. The van der Waals surface area contributed by atoms with E-state index in [1.165, 1.54) is 12.0 Å². The second kappa shape index (κ2) is 6.70. The number of ether oxygens (including phenoxy) is 1. The second-order valence-corrected chi connectivity index (χ2v) is 7.62. The van der Waals surface area contributed by atoms with Gasteiger partial charge in [-0.3, -0.25) is 4.99 Å². The van der Waals surface area contributed by atoms with E-state index in [0.717, 1.165) is 30.4 Å². The van der Waals surface area contributed by atoms with Crippen molar-refractivity contribution in [2.24, 2.45) is 4.99 Å². The molecule has 0 radical (unpaired) electrons. The summed E-state index contributed by atoms with van der Waals surface area (Å²) < 4.78 is 5.90. The standard InChI is InChI=1S/C18H26ClN3O/c1-18(2,12-5-4-6-13(19)9-12)11-21-17(20-3)22-15-10-14-7-8-16(15)23-14/h4-6,9,14-16H,7-8,10-11H2,1-3H3,(H2,20,21,22). The van der Waals surface area contributed by atoms with Crippen molar-refractivity contribution >= 4 is 17.6 Å². The maximum Gasteiger partial charge on any atom is 0.191 e. The van der Waals surface area contributed by atoms with Gasteiger partial charge in [-0.05, 0) is 37.0 Å². The van der Waals surface area contributed by atoms with Gasteiger partial charge in [0.2, 0.25) is 0 Å². The maximum atomic E-state index is 6.12. The van der Waals surface area contributed by atoms with Crippen LogP contribution in [-0.4, -0.2) is 37.8 Å². The van der Waals surface area contributed by atoms with Crippen LogP contribution < -0.4 is 10.6 Å². The maximum absolute atomic E-state index is 6.12. The number of hydrogen-bond acceptors (Lipinski definition) is 2. The third kappa shape index (κ3) is 3.81. The first kappa shape index (κ1) is 16.6. The van der Waals surface area contributed by atoms with Crippen LogP contribution in [0.4, 0.5) is 0 Å². The van der Waals surface area contributed by atoms with Gasteiger partial charge in [0.15, 0.2) is 5.96 Å². The van der Waals surface area contributed by atoms with E-state index in [1.807, 2.05) is 25.2 Å². The van der Waals surface area contributed by atoms with Gasteiger partial charge in [-0.2, -0.15) is 0 Å². The van der Waals surface area contributed by atoms with Crippen molar-refractivity contribution in [3.63, 3.8) is 0 Å². The molecule has 1 aromatic carbocycles. The Labute approximate surface area is 143 Å². The summed E-state index contributed by atoms with van der Waals surface area (Å²) in [5.74, 6) is 0.848. The van der Waals surface area contributed by atoms with Gasteiger partial charge in [-0.1, -0.05) is 37.6 Å². The SMILES string of the molecule is CN=C(NCC(C)(C)c1cccc(Cl)c1)NC1CC2CCC1O2. The van der Waals surface area contributed by atoms with Crippen molar-refractivity contribution in [1.82, 2.24) is 10.6 Å². The van der Waals surface area contributed by atoms with E-state index in [9.17, 15) is 0 Å². The van der Waals surface area contributed by atoms with Crippen molar-refractivity contribution in [3.05, 3.63) is 34.9 Å². The molecule has 0 aliphatic carbocycles. The molecule has 23 heavy (non-hydrogen) atoms. The minimum atomic E-state index is -0.0340. The highest BCUT2D eigenvalue weighted by Gasteiger charge is 2.41. The number of rotatable bonds is 4. The minimum absolute atomic E-state index is 0.0340. The van der Waals surface area contributed by atoms with Crippen molar-refractivity contribution in [2.45, 2.75) is 56.8 Å². The molecule has 2 saturated heterocycles. The van der Waals surface area contributed by atoms with Gasteiger partial charge in [0.1, 0.15) is 0 Å². The van der Waals surface area contributed by atoms with Crippen LogP contribution in [0.1, 0.15) is 38.7 Å². The van der Waals surface area contributed by atoms with Gasteiger partial charge in [0.05, 0.1) is 18.2 Å².